The molecule has 0 saturated heterocycles. The number of carbonyl (C=O) groups is 5. The fourth-order valence-corrected chi connectivity index (χ4v) is 2.73. The average molecular weight is 489 g/mol. The minimum Gasteiger partial charge on any atom is -0.480 e. The van der Waals surface area contributed by atoms with Gasteiger partial charge in [0.05, 0.1) is 6.61 Å². The molecule has 34 heavy (non-hydrogen) atoms. The fraction of sp³-hybridized carbons (Fsp3) is 0.684. The minimum absolute atomic E-state index is 0.0421. The van der Waals surface area contributed by atoms with Crippen molar-refractivity contribution >= 4 is 35.6 Å². The van der Waals surface area contributed by atoms with Crippen molar-refractivity contribution in [1.82, 2.24) is 16.0 Å². The molecule has 194 valence electrons. The molecular weight excluding hydrogens is 452 g/mol. The van der Waals surface area contributed by atoms with E-state index in [0.29, 0.717) is 0 Å². The molecule has 0 aliphatic carbocycles. The number of aliphatic imine (C=N–C) groups is 1. The van der Waals surface area contributed by atoms with Gasteiger partial charge in [-0.15, -0.1) is 0 Å². The zero-order valence-electron chi connectivity index (χ0n) is 19.3. The van der Waals surface area contributed by atoms with E-state index in [1.807, 2.05) is 0 Å². The summed E-state index contributed by atoms with van der Waals surface area (Å²) in [6, 6.07) is -5.03. The lowest BCUT2D eigenvalue weighted by Gasteiger charge is -2.25. The van der Waals surface area contributed by atoms with Gasteiger partial charge in [-0.2, -0.15) is 0 Å². The van der Waals surface area contributed by atoms with Gasteiger partial charge in [-0.1, -0.05) is 13.8 Å². The number of nitrogens with two attached hydrogens (primary N) is 4. The van der Waals surface area contributed by atoms with E-state index in [-0.39, 0.29) is 38.2 Å². The normalized spacial score (nSPS) is 14.3. The number of hydrogen-bond acceptors (Lipinski definition) is 8. The number of aliphatic hydroxyl groups excluding tert-OH is 1. The van der Waals surface area contributed by atoms with Gasteiger partial charge in [0.15, 0.2) is 5.96 Å². The van der Waals surface area contributed by atoms with Gasteiger partial charge in [0.25, 0.3) is 0 Å². The van der Waals surface area contributed by atoms with E-state index in [2.05, 4.69) is 20.9 Å². The molecule has 0 aliphatic rings. The first kappa shape index (κ1) is 30.5. The zero-order chi connectivity index (χ0) is 26.4. The molecule has 4 unspecified atom stereocenters. The summed E-state index contributed by atoms with van der Waals surface area (Å²) < 4.78 is 0. The smallest absolute Gasteiger partial charge is 0.326 e. The van der Waals surface area contributed by atoms with Crippen LogP contribution in [0.1, 0.15) is 39.5 Å². The summed E-state index contributed by atoms with van der Waals surface area (Å²) in [4.78, 5) is 64.2. The molecule has 13 N–H and O–H groups in total. The van der Waals surface area contributed by atoms with Crippen molar-refractivity contribution in [3.63, 3.8) is 0 Å². The summed E-state index contributed by atoms with van der Waals surface area (Å²) in [6.45, 7) is 2.66. The van der Waals surface area contributed by atoms with Gasteiger partial charge in [0, 0.05) is 13.0 Å². The standard InChI is InChI=1S/C19H36N8O7/c1-9(2)14(18(33)34)27-17(32)12(5-6-13(21)29)26-16(31)11(4-3-7-24-19(22)23)25-15(30)10(20)8-28/h9-12,14,28H,3-8,20H2,1-2H3,(H2,21,29)(H,25,30)(H,26,31)(H,27,32)(H,33,34)(H4,22,23,24). The molecule has 0 radical (unpaired) electrons. The molecule has 0 aromatic carbocycles. The first-order valence-corrected chi connectivity index (χ1v) is 10.6. The van der Waals surface area contributed by atoms with Crippen LogP contribution < -0.4 is 38.9 Å². The van der Waals surface area contributed by atoms with Gasteiger partial charge in [0.1, 0.15) is 24.2 Å². The molecule has 0 aromatic heterocycles. The molecule has 4 atom stereocenters. The number of carboxylic acid groups (broad SMARTS) is 1. The number of aliphatic carboxylic acids is 1. The number of carbonyl (C=O) groups excluding carboxylic acids is 4. The molecule has 0 bridgehead atoms. The highest BCUT2D eigenvalue weighted by Gasteiger charge is 2.31. The highest BCUT2D eigenvalue weighted by atomic mass is 16.4. The molecule has 15 heteroatoms. The van der Waals surface area contributed by atoms with Gasteiger partial charge < -0.3 is 49.1 Å². The first-order valence-electron chi connectivity index (χ1n) is 10.6. The highest BCUT2D eigenvalue weighted by molar-refractivity contribution is 5.94. The van der Waals surface area contributed by atoms with Crippen LogP contribution in [0.2, 0.25) is 0 Å². The number of carboxylic acids is 1. The second kappa shape index (κ2) is 15.4. The molecule has 0 rings (SSSR count). The maximum absolute atomic E-state index is 12.9. The Morgan fingerprint density at radius 1 is 0.882 bits per heavy atom. The minimum atomic E-state index is -1.32. The van der Waals surface area contributed by atoms with Crippen LogP contribution >= 0.6 is 0 Å². The number of nitrogens with zero attached hydrogens (tertiary/aromatic N) is 1. The zero-order valence-corrected chi connectivity index (χ0v) is 19.3. The summed E-state index contributed by atoms with van der Waals surface area (Å²) in [5.74, 6) is -5.08. The number of nitrogens with one attached hydrogen (secondary N) is 3. The van der Waals surface area contributed by atoms with Crippen LogP contribution in [0.25, 0.3) is 0 Å². The Bertz CT molecular complexity index is 755. The number of amides is 4. The van der Waals surface area contributed by atoms with E-state index in [1.165, 1.54) is 0 Å². The monoisotopic (exact) mass is 488 g/mol. The van der Waals surface area contributed by atoms with Gasteiger partial charge >= 0.3 is 5.97 Å². The Morgan fingerprint density at radius 3 is 1.88 bits per heavy atom. The third-order valence-electron chi connectivity index (χ3n) is 4.65. The van der Waals surface area contributed by atoms with Crippen LogP contribution in [0.15, 0.2) is 4.99 Å². The molecule has 0 heterocycles. The topological polar surface area (TPSA) is 278 Å². The van der Waals surface area contributed by atoms with Crippen LogP contribution in [0, 0.1) is 5.92 Å². The first-order chi connectivity index (χ1) is 15.8. The number of guanidine groups is 1. The Balaban J connectivity index is 5.59. The highest BCUT2D eigenvalue weighted by Crippen LogP contribution is 2.06. The van der Waals surface area contributed by atoms with Crippen molar-refractivity contribution in [1.29, 1.82) is 0 Å². The summed E-state index contributed by atoms with van der Waals surface area (Å²) in [6.07, 6.45) is -0.172. The molecule has 0 saturated carbocycles. The number of hydrogen-bond donors (Lipinski definition) is 9. The van der Waals surface area contributed by atoms with Crippen LogP contribution in [-0.2, 0) is 24.0 Å². The Hall–Kier alpha value is -3.46. The second-order valence-corrected chi connectivity index (χ2v) is 7.93. The summed E-state index contributed by atoms with van der Waals surface area (Å²) in [5, 5.41) is 25.5. The molecule has 0 aliphatic heterocycles. The van der Waals surface area contributed by atoms with Crippen LogP contribution in [-0.4, -0.2) is 83.1 Å². The largest absolute Gasteiger partial charge is 0.480 e. The third kappa shape index (κ3) is 12.0. The molecule has 0 spiro atoms. The van der Waals surface area contributed by atoms with Crippen LogP contribution in [0.4, 0.5) is 0 Å². The molecule has 4 amide bonds. The quantitative estimate of drug-likeness (QED) is 0.0573. The fourth-order valence-electron chi connectivity index (χ4n) is 2.73. The van der Waals surface area contributed by atoms with E-state index < -0.39 is 66.3 Å². The van der Waals surface area contributed by atoms with Crippen LogP contribution in [0.5, 0.6) is 0 Å². The van der Waals surface area contributed by atoms with Gasteiger partial charge in [-0.3, -0.25) is 24.2 Å². The van der Waals surface area contributed by atoms with Crippen molar-refractivity contribution in [3.8, 4) is 0 Å². The van der Waals surface area contributed by atoms with Gasteiger partial charge in [-0.25, -0.2) is 4.79 Å². The molecule has 0 fully saturated rings. The average Bonchev–Trinajstić information content (AvgIpc) is 2.74. The van der Waals surface area contributed by atoms with Crippen molar-refractivity contribution in [2.24, 2.45) is 33.8 Å². The number of aliphatic hydroxyl groups is 1. The Kier molecular flexibility index (Phi) is 13.8. The van der Waals surface area contributed by atoms with Gasteiger partial charge in [0.2, 0.25) is 23.6 Å². The molecular formula is C19H36N8O7. The maximum atomic E-state index is 12.9. The lowest BCUT2D eigenvalue weighted by Crippen LogP contribution is -2.58. The van der Waals surface area contributed by atoms with E-state index >= 15 is 0 Å². The Labute approximate surface area is 197 Å². The van der Waals surface area contributed by atoms with E-state index in [4.69, 9.17) is 28.0 Å². The molecule has 0 aromatic rings. The third-order valence-corrected chi connectivity index (χ3v) is 4.65. The van der Waals surface area contributed by atoms with Crippen molar-refractivity contribution in [3.05, 3.63) is 0 Å². The Morgan fingerprint density at radius 2 is 1.41 bits per heavy atom. The maximum Gasteiger partial charge on any atom is 0.326 e. The molecule has 15 nitrogen and oxygen atoms in total. The van der Waals surface area contributed by atoms with Gasteiger partial charge in [-0.05, 0) is 25.2 Å². The van der Waals surface area contributed by atoms with Crippen molar-refractivity contribution in [2.75, 3.05) is 13.2 Å². The van der Waals surface area contributed by atoms with E-state index in [9.17, 15) is 29.1 Å². The number of rotatable bonds is 16. The predicted molar refractivity (Wildman–Crippen MR) is 122 cm³/mol. The lowest BCUT2D eigenvalue weighted by atomic mass is 10.0. The summed E-state index contributed by atoms with van der Waals surface area (Å²) in [7, 11) is 0. The second-order valence-electron chi connectivity index (χ2n) is 7.93. The lowest BCUT2D eigenvalue weighted by molar-refractivity contribution is -0.143. The van der Waals surface area contributed by atoms with Crippen molar-refractivity contribution < 1.29 is 34.2 Å². The summed E-state index contributed by atoms with van der Waals surface area (Å²) >= 11 is 0. The van der Waals surface area contributed by atoms with Crippen LogP contribution in [0.3, 0.4) is 0 Å². The summed E-state index contributed by atoms with van der Waals surface area (Å²) in [5.41, 5.74) is 21.1. The van der Waals surface area contributed by atoms with E-state index in [1.54, 1.807) is 13.8 Å². The van der Waals surface area contributed by atoms with Crippen molar-refractivity contribution in [2.45, 2.75) is 63.7 Å². The predicted octanol–water partition coefficient (Wildman–Crippen LogP) is -4.18. The SMILES string of the molecule is CC(C)C(NC(=O)C(CCC(N)=O)NC(=O)C(CCCN=C(N)N)NC(=O)C(N)CO)C(=O)O. The number of primary amides is 1. The van der Waals surface area contributed by atoms with E-state index in [0.717, 1.165) is 0 Å².